The van der Waals surface area contributed by atoms with E-state index in [0.29, 0.717) is 0 Å². The molecule has 0 aliphatic heterocycles. The number of likely N-dealkylation sites (N-methyl/N-ethyl adjacent to an activating group) is 1. The van der Waals surface area contributed by atoms with Crippen LogP contribution < -0.4 is 5.32 Å². The van der Waals surface area contributed by atoms with Crippen LogP contribution in [-0.4, -0.2) is 49.8 Å². The van der Waals surface area contributed by atoms with Gasteiger partial charge in [-0.15, -0.1) is 0 Å². The lowest BCUT2D eigenvalue weighted by atomic mass is 10.1. The van der Waals surface area contributed by atoms with Crippen molar-refractivity contribution in [1.29, 1.82) is 0 Å². The van der Waals surface area contributed by atoms with Crippen molar-refractivity contribution in [3.63, 3.8) is 0 Å². The van der Waals surface area contributed by atoms with Crippen molar-refractivity contribution in [1.82, 2.24) is 10.2 Å². The van der Waals surface area contributed by atoms with Gasteiger partial charge in [0.2, 0.25) is 0 Å². The van der Waals surface area contributed by atoms with Crippen LogP contribution in [0.15, 0.2) is 0 Å². The first-order valence-electron chi connectivity index (χ1n) is 7.65. The van der Waals surface area contributed by atoms with Crippen LogP contribution in [-0.2, 0) is 4.74 Å². The first-order chi connectivity index (χ1) is 8.65. The molecule has 0 rings (SSSR count). The van der Waals surface area contributed by atoms with Gasteiger partial charge in [-0.25, -0.2) is 0 Å². The Morgan fingerprint density at radius 2 is 1.47 bits per heavy atom. The van der Waals surface area contributed by atoms with Gasteiger partial charge in [0.05, 0.1) is 6.61 Å². The molecule has 0 radical (unpaired) electrons. The number of ether oxygens (including phenoxy) is 1. The smallest absolute Gasteiger partial charge is 0.0644 e. The summed E-state index contributed by atoms with van der Waals surface area (Å²) < 4.78 is 5.76. The molecule has 0 aliphatic rings. The van der Waals surface area contributed by atoms with E-state index in [1.807, 2.05) is 0 Å². The van der Waals surface area contributed by atoms with Crippen LogP contribution in [0.25, 0.3) is 0 Å². The van der Waals surface area contributed by atoms with E-state index in [4.69, 9.17) is 4.74 Å². The molecule has 0 aromatic rings. The van der Waals surface area contributed by atoms with Crippen molar-refractivity contribution in [3.05, 3.63) is 0 Å². The lowest BCUT2D eigenvalue weighted by molar-refractivity contribution is 0.0345. The molecular weight excluding hydrogens is 236 g/mol. The van der Waals surface area contributed by atoms with E-state index < -0.39 is 0 Å². The van der Waals surface area contributed by atoms with E-state index >= 15 is 0 Å². The average Bonchev–Trinajstić information content (AvgIpc) is 2.25. The number of hydrogen-bond acceptors (Lipinski definition) is 3. The Bertz CT molecular complexity index is 219. The fourth-order valence-electron chi connectivity index (χ4n) is 1.60. The van der Waals surface area contributed by atoms with Gasteiger partial charge in [-0.2, -0.15) is 0 Å². The summed E-state index contributed by atoms with van der Waals surface area (Å²) in [6.45, 7) is 13.9. The summed E-state index contributed by atoms with van der Waals surface area (Å²) in [6.07, 6.45) is 5.01. The monoisotopic (exact) mass is 272 g/mol. The highest BCUT2D eigenvalue weighted by Gasteiger charge is 2.20. The standard InChI is InChI=1S/C16H36N2O/c1-15(2,3)17-12-10-8-9-11-13-19-14-16(4,5)18(6)7/h17H,8-14H2,1-7H3. The van der Waals surface area contributed by atoms with Gasteiger partial charge in [0, 0.05) is 17.7 Å². The minimum atomic E-state index is 0.136. The van der Waals surface area contributed by atoms with Crippen LogP contribution in [0.2, 0.25) is 0 Å². The molecular formula is C16H36N2O. The molecule has 3 nitrogen and oxygen atoms in total. The topological polar surface area (TPSA) is 24.5 Å². The molecule has 0 atom stereocenters. The van der Waals surface area contributed by atoms with Crippen LogP contribution >= 0.6 is 0 Å². The third-order valence-electron chi connectivity index (χ3n) is 3.54. The summed E-state index contributed by atoms with van der Waals surface area (Å²) in [5, 5.41) is 3.52. The number of rotatable bonds is 10. The van der Waals surface area contributed by atoms with Gasteiger partial charge in [-0.05, 0) is 68.1 Å². The largest absolute Gasteiger partial charge is 0.380 e. The first-order valence-corrected chi connectivity index (χ1v) is 7.65. The highest BCUT2D eigenvalue weighted by atomic mass is 16.5. The van der Waals surface area contributed by atoms with Crippen molar-refractivity contribution in [2.75, 3.05) is 33.9 Å². The molecule has 0 saturated carbocycles. The molecule has 0 unspecified atom stereocenters. The SMILES string of the molecule is CN(C)C(C)(C)COCCCCCCNC(C)(C)C. The molecule has 0 heterocycles. The number of unbranched alkanes of at least 4 members (excludes halogenated alkanes) is 3. The maximum absolute atomic E-state index is 5.76. The van der Waals surface area contributed by atoms with Gasteiger partial charge in [0.1, 0.15) is 0 Å². The Balaban J connectivity index is 3.33. The zero-order chi connectivity index (χ0) is 14.9. The maximum atomic E-state index is 5.76. The maximum Gasteiger partial charge on any atom is 0.0644 e. The van der Waals surface area contributed by atoms with Crippen LogP contribution in [0.1, 0.15) is 60.3 Å². The van der Waals surface area contributed by atoms with Gasteiger partial charge >= 0.3 is 0 Å². The highest BCUT2D eigenvalue weighted by Crippen LogP contribution is 2.10. The van der Waals surface area contributed by atoms with Crippen LogP contribution in [0, 0.1) is 0 Å². The summed E-state index contributed by atoms with van der Waals surface area (Å²) in [5.74, 6) is 0. The Hall–Kier alpha value is -0.120. The van der Waals surface area contributed by atoms with E-state index in [-0.39, 0.29) is 11.1 Å². The Morgan fingerprint density at radius 3 is 2.00 bits per heavy atom. The number of hydrogen-bond donors (Lipinski definition) is 1. The summed E-state index contributed by atoms with van der Waals surface area (Å²) in [6, 6.07) is 0. The molecule has 0 saturated heterocycles. The second-order valence-corrected chi connectivity index (χ2v) is 7.35. The third kappa shape index (κ3) is 11.4. The second kappa shape index (κ2) is 8.93. The zero-order valence-electron chi connectivity index (χ0n) is 14.3. The van der Waals surface area contributed by atoms with E-state index in [2.05, 4.69) is 58.9 Å². The molecule has 0 aromatic carbocycles. The molecule has 0 bridgehead atoms. The van der Waals surface area contributed by atoms with Crippen molar-refractivity contribution in [2.45, 2.75) is 71.4 Å². The highest BCUT2D eigenvalue weighted by molar-refractivity contribution is 4.75. The fourth-order valence-corrected chi connectivity index (χ4v) is 1.60. The zero-order valence-corrected chi connectivity index (χ0v) is 14.3. The van der Waals surface area contributed by atoms with E-state index in [0.717, 1.165) is 19.8 Å². The predicted molar refractivity (Wildman–Crippen MR) is 84.8 cm³/mol. The summed E-state index contributed by atoms with van der Waals surface area (Å²) in [7, 11) is 4.21. The molecule has 0 aromatic heterocycles. The molecule has 3 heteroatoms. The van der Waals surface area contributed by atoms with Gasteiger partial charge in [-0.3, -0.25) is 0 Å². The summed E-state index contributed by atoms with van der Waals surface area (Å²) in [4.78, 5) is 2.21. The van der Waals surface area contributed by atoms with Gasteiger partial charge in [0.25, 0.3) is 0 Å². The Labute approximate surface area is 121 Å². The minimum absolute atomic E-state index is 0.136. The van der Waals surface area contributed by atoms with Crippen molar-refractivity contribution >= 4 is 0 Å². The molecule has 0 spiro atoms. The first kappa shape index (κ1) is 18.9. The van der Waals surface area contributed by atoms with Crippen molar-refractivity contribution in [2.24, 2.45) is 0 Å². The number of nitrogens with one attached hydrogen (secondary N) is 1. The van der Waals surface area contributed by atoms with Crippen LogP contribution in [0.3, 0.4) is 0 Å². The van der Waals surface area contributed by atoms with Gasteiger partial charge in [0.15, 0.2) is 0 Å². The fraction of sp³-hybridized carbons (Fsp3) is 1.00. The van der Waals surface area contributed by atoms with Crippen LogP contribution in [0.5, 0.6) is 0 Å². The van der Waals surface area contributed by atoms with E-state index in [1.54, 1.807) is 0 Å². The molecule has 116 valence electrons. The lowest BCUT2D eigenvalue weighted by Crippen LogP contribution is -2.42. The second-order valence-electron chi connectivity index (χ2n) is 7.35. The molecule has 1 N–H and O–H groups in total. The molecule has 19 heavy (non-hydrogen) atoms. The van der Waals surface area contributed by atoms with Crippen molar-refractivity contribution in [3.8, 4) is 0 Å². The predicted octanol–water partition coefficient (Wildman–Crippen LogP) is 3.29. The van der Waals surface area contributed by atoms with Crippen LogP contribution in [0.4, 0.5) is 0 Å². The van der Waals surface area contributed by atoms with Gasteiger partial charge in [-0.1, -0.05) is 12.8 Å². The minimum Gasteiger partial charge on any atom is -0.380 e. The normalized spacial score (nSPS) is 13.3. The molecule has 0 aliphatic carbocycles. The quantitative estimate of drug-likeness (QED) is 0.618. The van der Waals surface area contributed by atoms with Gasteiger partial charge < -0.3 is 15.0 Å². The average molecular weight is 272 g/mol. The van der Waals surface area contributed by atoms with E-state index in [1.165, 1.54) is 25.7 Å². The van der Waals surface area contributed by atoms with Crippen molar-refractivity contribution < 1.29 is 4.74 Å². The Morgan fingerprint density at radius 1 is 0.895 bits per heavy atom. The van der Waals surface area contributed by atoms with E-state index in [9.17, 15) is 0 Å². The number of nitrogens with zero attached hydrogens (tertiary/aromatic N) is 1. The lowest BCUT2D eigenvalue weighted by Gasteiger charge is -2.32. The molecule has 0 amide bonds. The summed E-state index contributed by atoms with van der Waals surface area (Å²) in [5.41, 5.74) is 0.386. The third-order valence-corrected chi connectivity index (χ3v) is 3.54. The summed E-state index contributed by atoms with van der Waals surface area (Å²) >= 11 is 0. The molecule has 0 fully saturated rings. The Kier molecular flexibility index (Phi) is 8.88.